The number of thioether (sulfide) groups is 1. The van der Waals surface area contributed by atoms with Crippen molar-refractivity contribution in [3.05, 3.63) is 46.2 Å². The smallest absolute Gasteiger partial charge is 0.141 e. The van der Waals surface area contributed by atoms with Crippen LogP contribution in [-0.2, 0) is 6.54 Å². The Balaban J connectivity index is 2.21. The molecule has 0 bridgehead atoms. The van der Waals surface area contributed by atoms with E-state index in [2.05, 4.69) is 22.6 Å². The molecule has 1 aromatic heterocycles. The molecule has 6 heteroatoms. The zero-order valence-corrected chi connectivity index (χ0v) is 14.4. The molecule has 4 N–H and O–H groups in total. The van der Waals surface area contributed by atoms with E-state index in [1.165, 1.54) is 4.90 Å². The highest BCUT2D eigenvalue weighted by atomic mass is 32.2. The molecule has 22 heavy (non-hydrogen) atoms. The summed E-state index contributed by atoms with van der Waals surface area (Å²) in [4.78, 5) is 6.68. The van der Waals surface area contributed by atoms with Crippen LogP contribution in [0.2, 0.25) is 0 Å². The van der Waals surface area contributed by atoms with Crippen LogP contribution in [0.25, 0.3) is 0 Å². The average Bonchev–Trinajstić information content (AvgIpc) is 3.07. The van der Waals surface area contributed by atoms with Gasteiger partial charge < -0.3 is 16.2 Å². The molecule has 1 unspecified atom stereocenters. The maximum atomic E-state index is 9.11. The second-order valence-electron chi connectivity index (χ2n) is 4.94. The van der Waals surface area contributed by atoms with Crippen molar-refractivity contribution in [3.63, 3.8) is 0 Å². The van der Waals surface area contributed by atoms with E-state index < -0.39 is 0 Å². The van der Waals surface area contributed by atoms with Gasteiger partial charge >= 0.3 is 0 Å². The molecule has 0 spiro atoms. The highest BCUT2D eigenvalue weighted by Crippen LogP contribution is 2.26. The number of benzene rings is 1. The number of aliphatic hydroxyl groups excluding tert-OH is 1. The summed E-state index contributed by atoms with van der Waals surface area (Å²) in [5, 5.41) is 14.4. The molecule has 0 aliphatic rings. The summed E-state index contributed by atoms with van der Waals surface area (Å²) in [6, 6.07) is 10.1. The maximum Gasteiger partial charge on any atom is 0.141 e. The van der Waals surface area contributed by atoms with Crippen molar-refractivity contribution in [2.45, 2.75) is 24.4 Å². The van der Waals surface area contributed by atoms with Gasteiger partial charge in [-0.05, 0) is 48.4 Å². The summed E-state index contributed by atoms with van der Waals surface area (Å²) in [5.74, 6) is 0.537. The minimum absolute atomic E-state index is 0.0676. The second-order valence-corrected chi connectivity index (χ2v) is 6.73. The van der Waals surface area contributed by atoms with E-state index in [9.17, 15) is 0 Å². The first-order valence-electron chi connectivity index (χ1n) is 7.03. The molecule has 0 aliphatic heterocycles. The third-order valence-electron chi connectivity index (χ3n) is 3.20. The van der Waals surface area contributed by atoms with Gasteiger partial charge in [-0.25, -0.2) is 4.99 Å². The maximum absolute atomic E-state index is 9.11. The topological polar surface area (TPSA) is 70.6 Å². The Bertz CT molecular complexity index is 626. The van der Waals surface area contributed by atoms with Crippen molar-refractivity contribution in [1.29, 1.82) is 0 Å². The van der Waals surface area contributed by atoms with Gasteiger partial charge in [-0.1, -0.05) is 6.07 Å². The molecular formula is C16H21N3OS2. The monoisotopic (exact) mass is 335 g/mol. The quantitative estimate of drug-likeness (QED) is 0.413. The molecule has 0 radical (unpaired) electrons. The number of rotatable bonds is 7. The number of aliphatic hydroxyl groups is 1. The van der Waals surface area contributed by atoms with Crippen molar-refractivity contribution in [2.24, 2.45) is 10.7 Å². The highest BCUT2D eigenvalue weighted by molar-refractivity contribution is 7.98. The predicted molar refractivity (Wildman–Crippen MR) is 96.3 cm³/mol. The van der Waals surface area contributed by atoms with E-state index >= 15 is 0 Å². The Labute approximate surface area is 139 Å². The SMILES string of the molecule is CSc1ccc(N=C(N)c2cccs2)cc1CNC(C)CO. The van der Waals surface area contributed by atoms with Gasteiger partial charge in [0.25, 0.3) is 0 Å². The van der Waals surface area contributed by atoms with Crippen molar-refractivity contribution < 1.29 is 5.11 Å². The Hall–Kier alpha value is -1.34. The lowest BCUT2D eigenvalue weighted by molar-refractivity contribution is 0.251. The van der Waals surface area contributed by atoms with Crippen LogP contribution in [0.3, 0.4) is 0 Å². The van der Waals surface area contributed by atoms with Gasteiger partial charge in [0, 0.05) is 17.5 Å². The van der Waals surface area contributed by atoms with Gasteiger partial charge in [-0.2, -0.15) is 0 Å². The zero-order chi connectivity index (χ0) is 15.9. The Kier molecular flexibility index (Phi) is 6.45. The molecule has 2 rings (SSSR count). The predicted octanol–water partition coefficient (Wildman–Crippen LogP) is 2.98. The van der Waals surface area contributed by atoms with Gasteiger partial charge in [0.05, 0.1) is 17.2 Å². The molecule has 0 aliphatic carbocycles. The first-order chi connectivity index (χ1) is 10.6. The summed E-state index contributed by atoms with van der Waals surface area (Å²) in [5.41, 5.74) is 8.05. The molecule has 118 valence electrons. The minimum Gasteiger partial charge on any atom is -0.395 e. The zero-order valence-electron chi connectivity index (χ0n) is 12.7. The first-order valence-corrected chi connectivity index (χ1v) is 9.13. The summed E-state index contributed by atoms with van der Waals surface area (Å²) in [7, 11) is 0. The fourth-order valence-corrected chi connectivity index (χ4v) is 3.16. The normalized spacial score (nSPS) is 13.3. The Morgan fingerprint density at radius 1 is 1.45 bits per heavy atom. The third kappa shape index (κ3) is 4.58. The fourth-order valence-electron chi connectivity index (χ4n) is 1.94. The molecule has 1 heterocycles. The average molecular weight is 335 g/mol. The Morgan fingerprint density at radius 2 is 2.27 bits per heavy atom. The van der Waals surface area contributed by atoms with Gasteiger partial charge in [0.15, 0.2) is 0 Å². The molecule has 0 amide bonds. The van der Waals surface area contributed by atoms with E-state index in [0.29, 0.717) is 12.4 Å². The molecule has 1 aromatic carbocycles. The number of amidine groups is 1. The first kappa shape index (κ1) is 17.0. The fraction of sp³-hybridized carbons (Fsp3) is 0.312. The number of nitrogens with zero attached hydrogens (tertiary/aromatic N) is 1. The van der Waals surface area contributed by atoms with Crippen molar-refractivity contribution >= 4 is 34.6 Å². The largest absolute Gasteiger partial charge is 0.395 e. The number of nitrogens with one attached hydrogen (secondary N) is 1. The van der Waals surface area contributed by atoms with Crippen LogP contribution >= 0.6 is 23.1 Å². The highest BCUT2D eigenvalue weighted by Gasteiger charge is 2.06. The Morgan fingerprint density at radius 3 is 2.91 bits per heavy atom. The van der Waals surface area contributed by atoms with Crippen LogP contribution in [0, 0.1) is 0 Å². The molecule has 4 nitrogen and oxygen atoms in total. The van der Waals surface area contributed by atoms with Crippen LogP contribution in [0.5, 0.6) is 0 Å². The number of hydrogen-bond acceptors (Lipinski definition) is 5. The van der Waals surface area contributed by atoms with Crippen molar-refractivity contribution in [1.82, 2.24) is 5.32 Å². The molecular weight excluding hydrogens is 314 g/mol. The van der Waals surface area contributed by atoms with Crippen LogP contribution < -0.4 is 11.1 Å². The van der Waals surface area contributed by atoms with Crippen LogP contribution in [-0.4, -0.2) is 29.8 Å². The van der Waals surface area contributed by atoms with E-state index in [-0.39, 0.29) is 12.6 Å². The minimum atomic E-state index is 0.0676. The molecule has 2 aromatic rings. The second kappa shape index (κ2) is 8.33. The van der Waals surface area contributed by atoms with Gasteiger partial charge in [-0.15, -0.1) is 23.1 Å². The molecule has 1 atom stereocenters. The number of aliphatic imine (C=N–C) groups is 1. The van der Waals surface area contributed by atoms with E-state index in [4.69, 9.17) is 10.8 Å². The van der Waals surface area contributed by atoms with E-state index in [0.717, 1.165) is 16.1 Å². The van der Waals surface area contributed by atoms with Crippen LogP contribution in [0.15, 0.2) is 45.6 Å². The van der Waals surface area contributed by atoms with E-state index in [1.807, 2.05) is 36.6 Å². The van der Waals surface area contributed by atoms with Crippen molar-refractivity contribution in [3.8, 4) is 0 Å². The van der Waals surface area contributed by atoms with Crippen LogP contribution in [0.4, 0.5) is 5.69 Å². The lowest BCUT2D eigenvalue weighted by atomic mass is 10.2. The van der Waals surface area contributed by atoms with Crippen molar-refractivity contribution in [2.75, 3.05) is 12.9 Å². The number of thiophene rings is 1. The van der Waals surface area contributed by atoms with Gasteiger partial charge in [-0.3, -0.25) is 0 Å². The lowest BCUT2D eigenvalue weighted by Crippen LogP contribution is -2.28. The van der Waals surface area contributed by atoms with Gasteiger partial charge in [0.2, 0.25) is 0 Å². The molecule has 0 fully saturated rings. The third-order valence-corrected chi connectivity index (χ3v) is 4.93. The summed E-state index contributed by atoms with van der Waals surface area (Å²) in [6.45, 7) is 2.77. The standard InChI is InChI=1S/C16H21N3OS2/c1-11(10-20)18-9-12-8-13(5-6-14(12)21-2)19-16(17)15-4-3-7-22-15/h3-8,11,18,20H,9-10H2,1-2H3,(H2,17,19). The van der Waals surface area contributed by atoms with Gasteiger partial charge in [0.1, 0.15) is 5.84 Å². The van der Waals surface area contributed by atoms with Crippen LogP contribution in [0.1, 0.15) is 17.4 Å². The summed E-state index contributed by atoms with van der Waals surface area (Å²) in [6.07, 6.45) is 2.05. The number of nitrogens with two attached hydrogens (primary N) is 1. The lowest BCUT2D eigenvalue weighted by Gasteiger charge is -2.13. The van der Waals surface area contributed by atoms with E-state index in [1.54, 1.807) is 23.1 Å². The molecule has 0 saturated carbocycles. The molecule has 0 saturated heterocycles. The summed E-state index contributed by atoms with van der Waals surface area (Å²) >= 11 is 3.28. The summed E-state index contributed by atoms with van der Waals surface area (Å²) < 4.78 is 0. The number of hydrogen-bond donors (Lipinski definition) is 3.